The molecule has 26 heavy (non-hydrogen) atoms. The first-order chi connectivity index (χ1) is 12.4. The van der Waals surface area contributed by atoms with Crippen LogP contribution in [0.3, 0.4) is 0 Å². The predicted octanol–water partition coefficient (Wildman–Crippen LogP) is 2.91. The summed E-state index contributed by atoms with van der Waals surface area (Å²) in [6, 6.07) is 16.7. The molecule has 2 saturated heterocycles. The van der Waals surface area contributed by atoms with Gasteiger partial charge < -0.3 is 4.90 Å². The number of nitrogens with zero attached hydrogens (tertiary/aromatic N) is 2. The second-order valence-corrected chi connectivity index (χ2v) is 9.94. The Bertz CT molecular complexity index is 987. The van der Waals surface area contributed by atoms with E-state index in [0.717, 1.165) is 11.3 Å². The van der Waals surface area contributed by atoms with Gasteiger partial charge in [-0.3, -0.25) is 4.79 Å². The summed E-state index contributed by atoms with van der Waals surface area (Å²) in [6.07, 6.45) is 0. The molecule has 0 radical (unpaired) electrons. The van der Waals surface area contributed by atoms with Crippen LogP contribution in [0.2, 0.25) is 0 Å². The van der Waals surface area contributed by atoms with Crippen LogP contribution in [-0.2, 0) is 9.84 Å². The van der Waals surface area contributed by atoms with Gasteiger partial charge in [-0.2, -0.15) is 4.99 Å². The number of amides is 1. The minimum absolute atomic E-state index is 0.0933. The lowest BCUT2D eigenvalue weighted by Gasteiger charge is -2.24. The minimum Gasteiger partial charge on any atom is -0.316 e. The molecule has 0 bridgehead atoms. The molecule has 2 aromatic carbocycles. The maximum absolute atomic E-state index is 12.6. The Morgan fingerprint density at radius 1 is 1.12 bits per heavy atom. The molecule has 2 heterocycles. The fraction of sp³-hybridized carbons (Fsp3) is 0.263. The number of thioether (sulfide) groups is 1. The molecule has 7 heteroatoms. The Labute approximate surface area is 157 Å². The fourth-order valence-corrected chi connectivity index (χ4v) is 7.30. The average molecular weight is 386 g/mol. The van der Waals surface area contributed by atoms with Crippen LogP contribution in [0.25, 0.3) is 0 Å². The summed E-state index contributed by atoms with van der Waals surface area (Å²) < 4.78 is 24.1. The molecule has 134 valence electrons. The highest BCUT2D eigenvalue weighted by Crippen LogP contribution is 2.40. The van der Waals surface area contributed by atoms with Crippen LogP contribution in [0.15, 0.2) is 59.6 Å². The molecule has 2 atom stereocenters. The van der Waals surface area contributed by atoms with E-state index in [0.29, 0.717) is 10.7 Å². The summed E-state index contributed by atoms with van der Waals surface area (Å²) in [7, 11) is -3.06. The highest BCUT2D eigenvalue weighted by Gasteiger charge is 2.49. The zero-order valence-electron chi connectivity index (χ0n) is 14.2. The molecule has 0 saturated carbocycles. The average Bonchev–Trinajstić information content (AvgIpc) is 3.06. The molecule has 1 amide bonds. The molecule has 2 aliphatic heterocycles. The molecular formula is C19H18N2O3S2. The van der Waals surface area contributed by atoms with Crippen LogP contribution in [0.5, 0.6) is 0 Å². The maximum atomic E-state index is 12.6. The van der Waals surface area contributed by atoms with Gasteiger partial charge in [0.05, 0.1) is 17.5 Å². The van der Waals surface area contributed by atoms with E-state index in [1.54, 1.807) is 6.07 Å². The standard InChI is InChI=1S/C19H18N2O3S2/c1-13-6-5-7-14(10-13)18(22)20-19-21(15-8-3-2-4-9-15)16-11-26(23,24)12-17(16)25-19/h2-10,16-17H,11-12H2,1H3/t16-,17+/m1/s1. The topological polar surface area (TPSA) is 66.8 Å². The molecule has 4 rings (SSSR count). The monoisotopic (exact) mass is 386 g/mol. The fourth-order valence-electron chi connectivity index (χ4n) is 3.38. The number of benzene rings is 2. The van der Waals surface area contributed by atoms with Crippen molar-refractivity contribution in [2.24, 2.45) is 4.99 Å². The van der Waals surface area contributed by atoms with Crippen molar-refractivity contribution in [3.05, 3.63) is 65.7 Å². The number of rotatable bonds is 2. The number of sulfone groups is 1. The number of para-hydroxylation sites is 1. The van der Waals surface area contributed by atoms with Crippen LogP contribution in [0.1, 0.15) is 15.9 Å². The van der Waals surface area contributed by atoms with Crippen molar-refractivity contribution in [3.63, 3.8) is 0 Å². The first kappa shape index (κ1) is 17.3. The first-order valence-corrected chi connectivity index (χ1v) is 11.0. The third-order valence-corrected chi connectivity index (χ3v) is 7.77. The van der Waals surface area contributed by atoms with E-state index < -0.39 is 9.84 Å². The quantitative estimate of drug-likeness (QED) is 0.794. The molecule has 2 fully saturated rings. The van der Waals surface area contributed by atoms with Crippen molar-refractivity contribution in [1.82, 2.24) is 0 Å². The number of carbonyl (C=O) groups is 1. The number of fused-ring (bicyclic) bond motifs is 1. The number of anilines is 1. The van der Waals surface area contributed by atoms with E-state index in [1.807, 2.05) is 60.4 Å². The Balaban J connectivity index is 1.72. The van der Waals surface area contributed by atoms with Crippen LogP contribution < -0.4 is 4.90 Å². The van der Waals surface area contributed by atoms with Gasteiger partial charge in [0.2, 0.25) is 0 Å². The van der Waals surface area contributed by atoms with E-state index in [-0.39, 0.29) is 28.7 Å². The van der Waals surface area contributed by atoms with Crippen molar-refractivity contribution in [2.75, 3.05) is 16.4 Å². The Morgan fingerprint density at radius 2 is 1.88 bits per heavy atom. The molecule has 0 aromatic heterocycles. The predicted molar refractivity (Wildman–Crippen MR) is 106 cm³/mol. The van der Waals surface area contributed by atoms with Gasteiger partial charge in [-0.1, -0.05) is 47.7 Å². The molecule has 2 aliphatic rings. The number of aryl methyl sites for hydroxylation is 1. The normalized spacial score (nSPS) is 25.4. The van der Waals surface area contributed by atoms with E-state index in [9.17, 15) is 13.2 Å². The second-order valence-electron chi connectivity index (χ2n) is 6.58. The lowest BCUT2D eigenvalue weighted by atomic mass is 10.1. The number of carbonyl (C=O) groups excluding carboxylic acids is 1. The van der Waals surface area contributed by atoms with Crippen molar-refractivity contribution < 1.29 is 13.2 Å². The summed E-state index contributed by atoms with van der Waals surface area (Å²) in [4.78, 5) is 18.9. The van der Waals surface area contributed by atoms with Gasteiger partial charge in [-0.05, 0) is 31.2 Å². The summed E-state index contributed by atoms with van der Waals surface area (Å²) in [5.74, 6) is -0.0828. The molecule has 0 aliphatic carbocycles. The van der Waals surface area contributed by atoms with E-state index in [2.05, 4.69) is 4.99 Å². The number of aliphatic imine (C=N–C) groups is 1. The number of hydrogen-bond donors (Lipinski definition) is 0. The van der Waals surface area contributed by atoms with Gasteiger partial charge in [0.1, 0.15) is 0 Å². The van der Waals surface area contributed by atoms with Crippen LogP contribution in [0, 0.1) is 6.92 Å². The highest BCUT2D eigenvalue weighted by molar-refractivity contribution is 8.16. The van der Waals surface area contributed by atoms with Crippen LogP contribution in [-0.4, -0.2) is 42.3 Å². The van der Waals surface area contributed by atoms with Gasteiger partial charge in [0.25, 0.3) is 5.91 Å². The van der Waals surface area contributed by atoms with E-state index in [1.165, 1.54) is 11.8 Å². The maximum Gasteiger partial charge on any atom is 0.279 e. The van der Waals surface area contributed by atoms with Gasteiger partial charge in [-0.25, -0.2) is 8.42 Å². The van der Waals surface area contributed by atoms with Crippen LogP contribution in [0.4, 0.5) is 5.69 Å². The third kappa shape index (κ3) is 3.29. The highest BCUT2D eigenvalue weighted by atomic mass is 32.2. The van der Waals surface area contributed by atoms with Gasteiger partial charge in [0.15, 0.2) is 15.0 Å². The van der Waals surface area contributed by atoms with Crippen LogP contribution >= 0.6 is 11.8 Å². The van der Waals surface area contributed by atoms with E-state index in [4.69, 9.17) is 0 Å². The molecule has 0 N–H and O–H groups in total. The van der Waals surface area contributed by atoms with Gasteiger partial charge in [0, 0.05) is 16.5 Å². The van der Waals surface area contributed by atoms with Gasteiger partial charge >= 0.3 is 0 Å². The molecule has 0 unspecified atom stereocenters. The summed E-state index contributed by atoms with van der Waals surface area (Å²) in [6.45, 7) is 1.93. The third-order valence-electron chi connectivity index (χ3n) is 4.56. The zero-order valence-corrected chi connectivity index (χ0v) is 15.8. The minimum atomic E-state index is -3.06. The zero-order chi connectivity index (χ0) is 18.3. The summed E-state index contributed by atoms with van der Waals surface area (Å²) in [5, 5.41) is 0.483. The Hall–Kier alpha value is -2.12. The van der Waals surface area contributed by atoms with Crippen molar-refractivity contribution >= 4 is 38.4 Å². The van der Waals surface area contributed by atoms with Crippen molar-refractivity contribution in [3.8, 4) is 0 Å². The van der Waals surface area contributed by atoms with E-state index >= 15 is 0 Å². The SMILES string of the molecule is Cc1cccc(C(=O)N=C2S[C@H]3CS(=O)(=O)C[C@H]3N2c2ccccc2)c1. The van der Waals surface area contributed by atoms with Crippen molar-refractivity contribution in [1.29, 1.82) is 0 Å². The lowest BCUT2D eigenvalue weighted by Crippen LogP contribution is -2.37. The first-order valence-electron chi connectivity index (χ1n) is 8.34. The van der Waals surface area contributed by atoms with Gasteiger partial charge in [-0.15, -0.1) is 0 Å². The number of amidine groups is 1. The Morgan fingerprint density at radius 3 is 2.62 bits per heavy atom. The second kappa shape index (κ2) is 6.55. The summed E-state index contributed by atoms with van der Waals surface area (Å²) in [5.41, 5.74) is 2.40. The molecule has 5 nitrogen and oxygen atoms in total. The Kier molecular flexibility index (Phi) is 4.36. The molecule has 0 spiro atoms. The molecular weight excluding hydrogens is 368 g/mol. The molecule has 2 aromatic rings. The van der Waals surface area contributed by atoms with Crippen molar-refractivity contribution in [2.45, 2.75) is 18.2 Å². The number of hydrogen-bond acceptors (Lipinski definition) is 4. The largest absolute Gasteiger partial charge is 0.316 e. The summed E-state index contributed by atoms with van der Waals surface area (Å²) >= 11 is 1.39. The lowest BCUT2D eigenvalue weighted by molar-refractivity contribution is 0.100. The smallest absolute Gasteiger partial charge is 0.279 e.